The van der Waals surface area contributed by atoms with E-state index >= 15 is 0 Å². The zero-order valence-corrected chi connectivity index (χ0v) is 21.0. The minimum absolute atomic E-state index is 0.0299. The maximum absolute atomic E-state index is 13.2. The number of hydrogen-bond acceptors (Lipinski definition) is 7. The van der Waals surface area contributed by atoms with Crippen molar-refractivity contribution in [2.75, 3.05) is 29.0 Å². The van der Waals surface area contributed by atoms with Gasteiger partial charge < -0.3 is 19.0 Å². The van der Waals surface area contributed by atoms with Crippen molar-refractivity contribution < 1.29 is 19.3 Å². The molecule has 1 heterocycles. The summed E-state index contributed by atoms with van der Waals surface area (Å²) in [6, 6.07) is 25.3. The van der Waals surface area contributed by atoms with E-state index in [1.165, 1.54) is 12.1 Å². The van der Waals surface area contributed by atoms with Crippen LogP contribution in [0.2, 0.25) is 0 Å². The largest absolute Gasteiger partial charge is 0.466 e. The number of para-hydroxylation sites is 2. The Morgan fingerprint density at radius 1 is 1.00 bits per heavy atom. The Bertz CT molecular complexity index is 1170. The lowest BCUT2D eigenvalue weighted by atomic mass is 9.99. The number of ether oxygens (including phenoxy) is 1. The molecule has 1 saturated heterocycles. The molecule has 36 heavy (non-hydrogen) atoms. The lowest BCUT2D eigenvalue weighted by molar-refractivity contribution is -0.384. The summed E-state index contributed by atoms with van der Waals surface area (Å²) in [6.07, 6.45) is 0.198. The first-order valence-electron chi connectivity index (χ1n) is 11.7. The first kappa shape index (κ1) is 25.4. The SMILES string of the molecule is C=C(C(Cc1ccc([N+](=O)[O-])cc1)C(=O)OCC)[P]1(O)N(c2ccccc2)CCN1c1ccccc1. The Morgan fingerprint density at radius 3 is 1.94 bits per heavy atom. The molecule has 1 N–H and O–H groups in total. The summed E-state index contributed by atoms with van der Waals surface area (Å²) in [6.45, 7) is 7.33. The number of anilines is 2. The summed E-state index contributed by atoms with van der Waals surface area (Å²) >= 11 is 0. The number of benzene rings is 3. The summed E-state index contributed by atoms with van der Waals surface area (Å²) in [5, 5.41) is 11.5. The van der Waals surface area contributed by atoms with Gasteiger partial charge in [-0.3, -0.25) is 14.9 Å². The van der Waals surface area contributed by atoms with Crippen LogP contribution in [0.15, 0.2) is 96.8 Å². The molecule has 1 fully saturated rings. The number of carbonyl (C=O) groups excluding carboxylic acids is 1. The van der Waals surface area contributed by atoms with Crippen LogP contribution in [0.3, 0.4) is 0 Å². The van der Waals surface area contributed by atoms with Gasteiger partial charge in [-0.05, 0) is 43.2 Å². The zero-order valence-electron chi connectivity index (χ0n) is 20.1. The molecule has 8 nitrogen and oxygen atoms in total. The standard InChI is InChI=1S/C27H29N3O5P/c1-3-35-27(31)26(20-22-14-16-25(17-15-22)30(32)33)21(2)36(34)28(23-10-6-4-7-11-23)18-19-29(36)24-12-8-5-9-13-24/h4-17,26,34H,2-3,18-20H2,1H3. The third-order valence-corrected chi connectivity index (χ3v) is 9.54. The van der Waals surface area contributed by atoms with E-state index in [2.05, 4.69) is 6.58 Å². The van der Waals surface area contributed by atoms with Crippen molar-refractivity contribution in [3.05, 3.63) is 113 Å². The highest BCUT2D eigenvalue weighted by Crippen LogP contribution is 2.73. The van der Waals surface area contributed by atoms with E-state index in [4.69, 9.17) is 4.74 Å². The van der Waals surface area contributed by atoms with Crippen LogP contribution >= 0.6 is 7.79 Å². The predicted octanol–water partition coefficient (Wildman–Crippen LogP) is 5.61. The molecule has 187 valence electrons. The second-order valence-electron chi connectivity index (χ2n) is 8.41. The maximum atomic E-state index is 13.2. The average Bonchev–Trinajstić information content (AvgIpc) is 3.26. The van der Waals surface area contributed by atoms with Crippen molar-refractivity contribution in [2.24, 2.45) is 5.92 Å². The van der Waals surface area contributed by atoms with Gasteiger partial charge in [0.25, 0.3) is 5.69 Å². The Morgan fingerprint density at radius 2 is 1.50 bits per heavy atom. The van der Waals surface area contributed by atoms with Gasteiger partial charge in [0.2, 0.25) is 0 Å². The lowest BCUT2D eigenvalue weighted by Crippen LogP contribution is -2.32. The van der Waals surface area contributed by atoms with E-state index in [0.29, 0.717) is 24.0 Å². The number of non-ortho nitro benzene ring substituents is 1. The first-order valence-corrected chi connectivity index (χ1v) is 13.4. The van der Waals surface area contributed by atoms with Crippen molar-refractivity contribution in [2.45, 2.75) is 13.3 Å². The van der Waals surface area contributed by atoms with Gasteiger partial charge in [0, 0.05) is 41.9 Å². The second kappa shape index (κ2) is 10.9. The Kier molecular flexibility index (Phi) is 7.67. The van der Waals surface area contributed by atoms with Gasteiger partial charge >= 0.3 is 5.97 Å². The molecule has 1 radical (unpaired) electrons. The van der Waals surface area contributed by atoms with Crippen LogP contribution in [-0.4, -0.2) is 35.5 Å². The van der Waals surface area contributed by atoms with Gasteiger partial charge in [0.05, 0.1) is 17.4 Å². The number of nitro groups is 1. The fourth-order valence-corrected chi connectivity index (χ4v) is 7.61. The molecule has 0 spiro atoms. The van der Waals surface area contributed by atoms with Gasteiger partial charge in [-0.2, -0.15) is 0 Å². The Labute approximate surface area is 211 Å². The second-order valence-corrected chi connectivity index (χ2v) is 11.1. The van der Waals surface area contributed by atoms with Gasteiger partial charge in [0.15, 0.2) is 7.79 Å². The highest BCUT2D eigenvalue weighted by Gasteiger charge is 2.50. The maximum Gasteiger partial charge on any atom is 0.313 e. The fraction of sp³-hybridized carbons (Fsp3) is 0.222. The molecule has 1 unspecified atom stereocenters. The monoisotopic (exact) mass is 506 g/mol. The minimum Gasteiger partial charge on any atom is -0.466 e. The number of hydrogen-bond donors (Lipinski definition) is 1. The average molecular weight is 507 g/mol. The number of rotatable bonds is 9. The van der Waals surface area contributed by atoms with E-state index in [-0.39, 0.29) is 18.7 Å². The van der Waals surface area contributed by atoms with Gasteiger partial charge in [-0.25, -0.2) is 0 Å². The molecule has 1 atom stereocenters. The third-order valence-electron chi connectivity index (χ3n) is 6.25. The van der Waals surface area contributed by atoms with Crippen LogP contribution in [0.5, 0.6) is 0 Å². The zero-order chi connectivity index (χ0) is 25.7. The molecule has 0 amide bonds. The highest BCUT2D eigenvalue weighted by molar-refractivity contribution is 7.77. The fourth-order valence-electron chi connectivity index (χ4n) is 4.47. The number of nitrogens with zero attached hydrogens (tertiary/aromatic N) is 3. The quantitative estimate of drug-likeness (QED) is 0.174. The van der Waals surface area contributed by atoms with Crippen LogP contribution < -0.4 is 9.34 Å². The molecular weight excluding hydrogens is 477 g/mol. The summed E-state index contributed by atoms with van der Waals surface area (Å²) in [5.41, 5.74) is 2.36. The normalized spacial score (nSPS) is 15.4. The lowest BCUT2D eigenvalue weighted by Gasteiger charge is -2.45. The molecule has 3 aromatic carbocycles. The first-order chi connectivity index (χ1) is 17.4. The van der Waals surface area contributed by atoms with Gasteiger partial charge in [-0.15, -0.1) is 0 Å². The number of esters is 1. The summed E-state index contributed by atoms with van der Waals surface area (Å²) in [4.78, 5) is 36.4. The van der Waals surface area contributed by atoms with Crippen molar-refractivity contribution in [1.29, 1.82) is 0 Å². The molecule has 4 rings (SSSR count). The molecule has 1 aliphatic heterocycles. The summed E-state index contributed by atoms with van der Waals surface area (Å²) in [5.74, 6) is -1.33. The van der Waals surface area contributed by atoms with Crippen LogP contribution in [0.25, 0.3) is 0 Å². The highest BCUT2D eigenvalue weighted by atomic mass is 31.2. The Balaban J connectivity index is 1.76. The van der Waals surface area contributed by atoms with Crippen molar-refractivity contribution >= 4 is 30.8 Å². The van der Waals surface area contributed by atoms with Crippen LogP contribution in [-0.2, 0) is 16.0 Å². The van der Waals surface area contributed by atoms with E-state index in [0.717, 1.165) is 11.4 Å². The summed E-state index contributed by atoms with van der Waals surface area (Å²) < 4.78 is 9.31. The van der Waals surface area contributed by atoms with Crippen LogP contribution in [0.1, 0.15) is 12.5 Å². The third kappa shape index (κ3) is 4.96. The molecule has 9 heteroatoms. The topological polar surface area (TPSA) is 96.1 Å². The van der Waals surface area contributed by atoms with E-state index in [1.54, 1.807) is 19.1 Å². The smallest absolute Gasteiger partial charge is 0.313 e. The molecule has 1 aliphatic rings. The van der Waals surface area contributed by atoms with Gasteiger partial charge in [-0.1, -0.05) is 55.1 Å². The van der Waals surface area contributed by atoms with E-state index in [9.17, 15) is 19.8 Å². The molecule has 0 saturated carbocycles. The molecule has 3 aromatic rings. The van der Waals surface area contributed by atoms with Crippen LogP contribution in [0, 0.1) is 16.0 Å². The van der Waals surface area contributed by atoms with Crippen molar-refractivity contribution in [1.82, 2.24) is 0 Å². The van der Waals surface area contributed by atoms with E-state index in [1.807, 2.05) is 70.0 Å². The van der Waals surface area contributed by atoms with Gasteiger partial charge in [0.1, 0.15) is 0 Å². The summed E-state index contributed by atoms with van der Waals surface area (Å²) in [7, 11) is -3.31. The Hall–Kier alpha value is -3.74. The van der Waals surface area contributed by atoms with Crippen molar-refractivity contribution in [3.63, 3.8) is 0 Å². The molecule has 0 bridgehead atoms. The van der Waals surface area contributed by atoms with E-state index < -0.39 is 24.6 Å². The molecule has 0 aliphatic carbocycles. The predicted molar refractivity (Wildman–Crippen MR) is 143 cm³/mol. The number of nitro benzene ring substituents is 1. The van der Waals surface area contributed by atoms with Crippen molar-refractivity contribution in [3.8, 4) is 0 Å². The molecular formula is C27H29N3O5P. The number of carbonyl (C=O) groups is 1. The van der Waals surface area contributed by atoms with Crippen LogP contribution in [0.4, 0.5) is 17.1 Å². The minimum atomic E-state index is -3.31. The molecule has 0 aromatic heterocycles.